The van der Waals surface area contributed by atoms with E-state index in [-0.39, 0.29) is 11.3 Å². The van der Waals surface area contributed by atoms with E-state index in [1.807, 2.05) is 35.1 Å². The van der Waals surface area contributed by atoms with Gasteiger partial charge in [0.2, 0.25) is 5.91 Å². The van der Waals surface area contributed by atoms with Gasteiger partial charge in [0.25, 0.3) is 0 Å². The number of hydrogen-bond acceptors (Lipinski definition) is 8. The Bertz CT molecular complexity index is 1440. The van der Waals surface area contributed by atoms with E-state index in [1.165, 1.54) is 18.5 Å². The van der Waals surface area contributed by atoms with E-state index in [2.05, 4.69) is 61.0 Å². The number of pyridine rings is 1. The van der Waals surface area contributed by atoms with Gasteiger partial charge in [0.05, 0.1) is 23.5 Å². The molecule has 4 fully saturated rings. The number of carbonyl (C=O) groups excluding carboxylic acids is 1. The Morgan fingerprint density at radius 3 is 2.75 bits per heavy atom. The molecule has 2 saturated carbocycles. The van der Waals surface area contributed by atoms with E-state index in [4.69, 9.17) is 4.98 Å². The van der Waals surface area contributed by atoms with Crippen molar-refractivity contribution in [3.63, 3.8) is 0 Å². The molecular weight excluding hydrogens is 520 g/mol. The molecule has 9 nitrogen and oxygen atoms in total. The van der Waals surface area contributed by atoms with E-state index in [0.717, 1.165) is 92.0 Å². The van der Waals surface area contributed by atoms with Crippen molar-refractivity contribution in [2.24, 2.45) is 11.3 Å². The minimum Gasteiger partial charge on any atom is -0.370 e. The average molecular weight is 557 g/mol. The molecule has 2 atom stereocenters. The molecule has 3 aromatic rings. The van der Waals surface area contributed by atoms with Crippen LogP contribution in [0.4, 0.5) is 17.2 Å². The number of fused-ring (bicyclic) bond motifs is 3. The molecule has 10 heteroatoms. The van der Waals surface area contributed by atoms with Crippen LogP contribution in [-0.2, 0) is 4.79 Å². The Labute approximate surface area is 239 Å². The van der Waals surface area contributed by atoms with Crippen molar-refractivity contribution in [2.75, 3.05) is 47.7 Å². The van der Waals surface area contributed by atoms with Crippen molar-refractivity contribution in [1.82, 2.24) is 24.9 Å². The maximum absolute atomic E-state index is 13.7. The Morgan fingerprint density at radius 2 is 1.90 bits per heavy atom. The van der Waals surface area contributed by atoms with Gasteiger partial charge in [-0.15, -0.1) is 5.10 Å². The summed E-state index contributed by atoms with van der Waals surface area (Å²) in [6.45, 7) is 3.61. The maximum Gasteiger partial charge on any atom is 0.227 e. The fraction of sp³-hybridized carbons (Fsp3) is 0.533. The second kappa shape index (κ2) is 9.39. The van der Waals surface area contributed by atoms with E-state index in [0.29, 0.717) is 11.9 Å². The highest BCUT2D eigenvalue weighted by Gasteiger charge is 2.58. The van der Waals surface area contributed by atoms with Gasteiger partial charge in [0, 0.05) is 62.0 Å². The van der Waals surface area contributed by atoms with Crippen molar-refractivity contribution < 1.29 is 4.79 Å². The monoisotopic (exact) mass is 556 g/mol. The molecule has 1 N–H and O–H groups in total. The Balaban J connectivity index is 1.19. The molecule has 2 aromatic heterocycles. The van der Waals surface area contributed by atoms with Crippen LogP contribution in [0.1, 0.15) is 44.9 Å². The summed E-state index contributed by atoms with van der Waals surface area (Å²) >= 11 is 1.84. The number of anilines is 3. The third-order valence-corrected chi connectivity index (χ3v) is 10.9. The van der Waals surface area contributed by atoms with E-state index in [1.54, 1.807) is 0 Å². The molecule has 6 aliphatic rings. The minimum absolute atomic E-state index is 0.0213. The first-order valence-corrected chi connectivity index (χ1v) is 15.7. The van der Waals surface area contributed by atoms with E-state index < -0.39 is 0 Å². The molecule has 208 valence electrons. The summed E-state index contributed by atoms with van der Waals surface area (Å²) in [5.74, 6) is 1.24. The predicted molar refractivity (Wildman–Crippen MR) is 159 cm³/mol. The first-order valence-electron chi connectivity index (χ1n) is 14.8. The quantitative estimate of drug-likeness (QED) is 0.469. The van der Waals surface area contributed by atoms with Crippen LogP contribution < -0.4 is 14.5 Å². The normalized spacial score (nSPS) is 27.5. The molecule has 6 heterocycles. The number of piperidine rings is 2. The number of nitrogens with zero attached hydrogens (tertiary/aromatic N) is 7. The highest BCUT2D eigenvalue weighted by Crippen LogP contribution is 2.57. The van der Waals surface area contributed by atoms with Crippen LogP contribution in [-0.4, -0.2) is 75.3 Å². The van der Waals surface area contributed by atoms with Crippen LogP contribution in [0.3, 0.4) is 0 Å². The van der Waals surface area contributed by atoms with Gasteiger partial charge in [-0.25, -0.2) is 9.67 Å². The van der Waals surface area contributed by atoms with Gasteiger partial charge in [-0.05, 0) is 92.6 Å². The standard InChI is InChI=1S/C30H36N8OS/c1-35-27-17-30(27)9-13-36(14-10-30)26-16-22(33-40-23-5-6-23)4-7-25(26)38-19-24(32-34-38)20-8-11-31-28(15-20)37-12-2-3-21(18-37)29(35)39/h4,7-8,11,15-16,19,21,23,27,33H,2-3,5-6,9-10,12-14,17-18H2,1H3. The Hall–Kier alpha value is -3.27. The van der Waals surface area contributed by atoms with E-state index in [9.17, 15) is 4.79 Å². The molecule has 1 amide bonds. The molecule has 4 aliphatic heterocycles. The summed E-state index contributed by atoms with van der Waals surface area (Å²) in [5, 5.41) is 9.92. The SMILES string of the molecule is CN1C(=O)C2CCCN(C2)c2cc(ccn2)-c2cn(nn2)-c2ccc(NSC3CC3)cc2N2CCC3(CC2)CC13. The molecule has 2 aliphatic carbocycles. The van der Waals surface area contributed by atoms with Crippen molar-refractivity contribution in [3.8, 4) is 16.9 Å². The molecule has 1 spiro atoms. The van der Waals surface area contributed by atoms with Crippen molar-refractivity contribution in [3.05, 3.63) is 42.7 Å². The first-order chi connectivity index (χ1) is 19.6. The number of rotatable bonds is 3. The van der Waals surface area contributed by atoms with Crippen molar-refractivity contribution in [1.29, 1.82) is 0 Å². The summed E-state index contributed by atoms with van der Waals surface area (Å²) in [6, 6.07) is 11.1. The number of aromatic nitrogens is 4. The number of benzene rings is 1. The molecule has 1 aromatic carbocycles. The Kier molecular flexibility index (Phi) is 5.76. The third-order valence-electron chi connectivity index (χ3n) is 9.78. The summed E-state index contributed by atoms with van der Waals surface area (Å²) in [4.78, 5) is 25.3. The lowest BCUT2D eigenvalue weighted by Gasteiger charge is -2.38. The highest BCUT2D eigenvalue weighted by molar-refractivity contribution is 8.01. The van der Waals surface area contributed by atoms with Gasteiger partial charge in [-0.2, -0.15) is 0 Å². The van der Waals surface area contributed by atoms with Gasteiger partial charge in [-0.3, -0.25) is 4.79 Å². The molecule has 2 unspecified atom stereocenters. The molecule has 40 heavy (non-hydrogen) atoms. The molecule has 8 bridgehead atoms. The molecule has 2 saturated heterocycles. The van der Waals surface area contributed by atoms with Crippen LogP contribution in [0.2, 0.25) is 0 Å². The van der Waals surface area contributed by atoms with Crippen LogP contribution in [0, 0.1) is 11.3 Å². The topological polar surface area (TPSA) is 82.4 Å². The zero-order chi connectivity index (χ0) is 26.8. The fourth-order valence-electron chi connectivity index (χ4n) is 7.07. The summed E-state index contributed by atoms with van der Waals surface area (Å²) in [6.07, 6.45) is 11.8. The van der Waals surface area contributed by atoms with Crippen molar-refractivity contribution >= 4 is 35.0 Å². The zero-order valence-electron chi connectivity index (χ0n) is 23.0. The number of hydrogen-bond donors (Lipinski definition) is 1. The van der Waals surface area contributed by atoms with Gasteiger partial charge in [-0.1, -0.05) is 5.21 Å². The van der Waals surface area contributed by atoms with E-state index >= 15 is 0 Å². The molecule has 0 radical (unpaired) electrons. The Morgan fingerprint density at radius 1 is 1.02 bits per heavy atom. The summed E-state index contributed by atoms with van der Waals surface area (Å²) < 4.78 is 5.52. The van der Waals surface area contributed by atoms with Crippen LogP contribution in [0.15, 0.2) is 42.7 Å². The molecule has 9 rings (SSSR count). The second-order valence-electron chi connectivity index (χ2n) is 12.4. The number of amides is 1. The predicted octanol–water partition coefficient (Wildman–Crippen LogP) is 4.60. The van der Waals surface area contributed by atoms with Gasteiger partial charge >= 0.3 is 0 Å². The first kappa shape index (κ1) is 24.5. The summed E-state index contributed by atoms with van der Waals surface area (Å²) in [7, 11) is 2.05. The number of nitrogens with one attached hydrogen (secondary N) is 1. The average Bonchev–Trinajstić information content (AvgIpc) is 3.91. The smallest absolute Gasteiger partial charge is 0.227 e. The van der Waals surface area contributed by atoms with Crippen LogP contribution >= 0.6 is 11.9 Å². The second-order valence-corrected chi connectivity index (χ2v) is 13.5. The number of carbonyl (C=O) groups is 1. The van der Waals surface area contributed by atoms with Gasteiger partial charge in [0.15, 0.2) is 0 Å². The van der Waals surface area contributed by atoms with Gasteiger partial charge in [0.1, 0.15) is 11.5 Å². The lowest BCUT2D eigenvalue weighted by Crippen LogP contribution is -2.46. The minimum atomic E-state index is 0.0213. The fourth-order valence-corrected chi connectivity index (χ4v) is 7.87. The lowest BCUT2D eigenvalue weighted by atomic mass is 9.91. The molecular formula is C30H36N8OS. The van der Waals surface area contributed by atoms with Crippen LogP contribution in [0.5, 0.6) is 0 Å². The third kappa shape index (κ3) is 4.31. The van der Waals surface area contributed by atoms with Gasteiger partial charge < -0.3 is 19.4 Å². The van der Waals surface area contributed by atoms with Crippen molar-refractivity contribution in [2.45, 2.75) is 56.2 Å². The highest BCUT2D eigenvalue weighted by atomic mass is 32.2. The largest absolute Gasteiger partial charge is 0.370 e. The maximum atomic E-state index is 13.7. The van der Waals surface area contributed by atoms with Crippen LogP contribution in [0.25, 0.3) is 16.9 Å². The summed E-state index contributed by atoms with van der Waals surface area (Å²) in [5.41, 5.74) is 5.44. The zero-order valence-corrected chi connectivity index (χ0v) is 23.8. The lowest BCUT2D eigenvalue weighted by molar-refractivity contribution is -0.135.